The SMILES string of the molecule is CCOc1ccc(N2CCN(C(=O)CN)CC2)cc1C. The van der Waals surface area contributed by atoms with Crippen molar-refractivity contribution in [2.45, 2.75) is 13.8 Å². The molecule has 5 heteroatoms. The molecule has 1 aromatic rings. The minimum atomic E-state index is 0.0347. The van der Waals surface area contributed by atoms with Gasteiger partial charge in [0.2, 0.25) is 5.91 Å². The summed E-state index contributed by atoms with van der Waals surface area (Å²) in [7, 11) is 0. The average molecular weight is 277 g/mol. The highest BCUT2D eigenvalue weighted by Gasteiger charge is 2.20. The van der Waals surface area contributed by atoms with E-state index in [1.807, 2.05) is 17.9 Å². The molecule has 1 saturated heterocycles. The van der Waals surface area contributed by atoms with Crippen molar-refractivity contribution in [3.63, 3.8) is 0 Å². The number of nitrogens with two attached hydrogens (primary N) is 1. The first-order valence-electron chi connectivity index (χ1n) is 7.12. The van der Waals surface area contributed by atoms with Crippen molar-refractivity contribution in [2.75, 3.05) is 44.2 Å². The number of carbonyl (C=O) groups is 1. The van der Waals surface area contributed by atoms with Crippen LogP contribution in [0.2, 0.25) is 0 Å². The lowest BCUT2D eigenvalue weighted by Crippen LogP contribution is -2.50. The van der Waals surface area contributed by atoms with Gasteiger partial charge in [-0.3, -0.25) is 4.79 Å². The van der Waals surface area contributed by atoms with E-state index in [1.165, 1.54) is 5.69 Å². The van der Waals surface area contributed by atoms with Gasteiger partial charge >= 0.3 is 0 Å². The zero-order valence-corrected chi connectivity index (χ0v) is 12.3. The summed E-state index contributed by atoms with van der Waals surface area (Å²) in [5, 5.41) is 0. The Morgan fingerprint density at radius 2 is 2.00 bits per heavy atom. The number of ether oxygens (including phenoxy) is 1. The quantitative estimate of drug-likeness (QED) is 0.892. The highest BCUT2D eigenvalue weighted by Crippen LogP contribution is 2.25. The summed E-state index contributed by atoms with van der Waals surface area (Å²) in [6.45, 7) is 7.99. The number of anilines is 1. The Labute approximate surface area is 120 Å². The Bertz CT molecular complexity index is 468. The molecular formula is C15H23N3O2. The molecular weight excluding hydrogens is 254 g/mol. The Morgan fingerprint density at radius 1 is 1.30 bits per heavy atom. The van der Waals surface area contributed by atoms with Crippen LogP contribution in [0, 0.1) is 6.92 Å². The maximum absolute atomic E-state index is 11.5. The van der Waals surface area contributed by atoms with Crippen LogP contribution in [0.25, 0.3) is 0 Å². The number of rotatable bonds is 4. The van der Waals surface area contributed by atoms with Gasteiger partial charge in [0.15, 0.2) is 0 Å². The third kappa shape index (κ3) is 3.22. The second kappa shape index (κ2) is 6.61. The van der Waals surface area contributed by atoms with Crippen molar-refractivity contribution in [3.05, 3.63) is 23.8 Å². The summed E-state index contributed by atoms with van der Waals surface area (Å²) >= 11 is 0. The van der Waals surface area contributed by atoms with Crippen LogP contribution >= 0.6 is 0 Å². The van der Waals surface area contributed by atoms with Crippen LogP contribution in [0.5, 0.6) is 5.75 Å². The minimum Gasteiger partial charge on any atom is -0.494 e. The average Bonchev–Trinajstić information content (AvgIpc) is 2.49. The van der Waals surface area contributed by atoms with Crippen LogP contribution in [-0.4, -0.2) is 50.1 Å². The highest BCUT2D eigenvalue weighted by molar-refractivity contribution is 5.78. The number of benzene rings is 1. The van der Waals surface area contributed by atoms with Crippen molar-refractivity contribution in [3.8, 4) is 5.75 Å². The number of amides is 1. The molecule has 1 aromatic carbocycles. The smallest absolute Gasteiger partial charge is 0.236 e. The molecule has 1 amide bonds. The van der Waals surface area contributed by atoms with Gasteiger partial charge in [0.05, 0.1) is 13.2 Å². The van der Waals surface area contributed by atoms with Gasteiger partial charge in [-0.15, -0.1) is 0 Å². The molecule has 2 rings (SSSR count). The summed E-state index contributed by atoms with van der Waals surface area (Å²) < 4.78 is 5.56. The monoisotopic (exact) mass is 277 g/mol. The maximum Gasteiger partial charge on any atom is 0.236 e. The van der Waals surface area contributed by atoms with Crippen molar-refractivity contribution in [1.29, 1.82) is 0 Å². The number of hydrogen-bond acceptors (Lipinski definition) is 4. The fourth-order valence-corrected chi connectivity index (χ4v) is 2.49. The Morgan fingerprint density at radius 3 is 2.55 bits per heavy atom. The van der Waals surface area contributed by atoms with Crippen molar-refractivity contribution < 1.29 is 9.53 Å². The van der Waals surface area contributed by atoms with E-state index in [0.717, 1.165) is 37.5 Å². The van der Waals surface area contributed by atoms with Gasteiger partial charge in [0, 0.05) is 31.9 Å². The molecule has 1 aliphatic heterocycles. The molecule has 0 aromatic heterocycles. The van der Waals surface area contributed by atoms with Crippen LogP contribution < -0.4 is 15.4 Å². The molecule has 0 aliphatic carbocycles. The summed E-state index contributed by atoms with van der Waals surface area (Å²) in [6.07, 6.45) is 0. The predicted octanol–water partition coefficient (Wildman–Crippen LogP) is 1.00. The van der Waals surface area contributed by atoms with Crippen LogP contribution in [0.4, 0.5) is 5.69 Å². The molecule has 1 fully saturated rings. The molecule has 1 aliphatic rings. The number of aryl methyl sites for hydroxylation is 1. The largest absolute Gasteiger partial charge is 0.494 e. The van der Waals surface area contributed by atoms with Crippen LogP contribution in [-0.2, 0) is 4.79 Å². The first-order chi connectivity index (χ1) is 9.65. The van der Waals surface area contributed by atoms with Crippen molar-refractivity contribution in [2.24, 2.45) is 5.73 Å². The van der Waals surface area contributed by atoms with Crippen LogP contribution in [0.3, 0.4) is 0 Å². The first kappa shape index (κ1) is 14.7. The van der Waals surface area contributed by atoms with Gasteiger partial charge in [-0.1, -0.05) is 0 Å². The number of hydrogen-bond donors (Lipinski definition) is 1. The topological polar surface area (TPSA) is 58.8 Å². The third-order valence-corrected chi connectivity index (χ3v) is 3.63. The lowest BCUT2D eigenvalue weighted by Gasteiger charge is -2.36. The van der Waals surface area contributed by atoms with Crippen molar-refractivity contribution in [1.82, 2.24) is 4.90 Å². The van der Waals surface area contributed by atoms with Gasteiger partial charge in [-0.25, -0.2) is 0 Å². The summed E-state index contributed by atoms with van der Waals surface area (Å²) in [5.74, 6) is 0.973. The molecule has 0 bridgehead atoms. The van der Waals surface area contributed by atoms with E-state index in [0.29, 0.717) is 6.61 Å². The fourth-order valence-electron chi connectivity index (χ4n) is 2.49. The second-order valence-electron chi connectivity index (χ2n) is 4.95. The van der Waals surface area contributed by atoms with Gasteiger partial charge in [0.1, 0.15) is 5.75 Å². The van der Waals surface area contributed by atoms with Gasteiger partial charge < -0.3 is 20.3 Å². The van der Waals surface area contributed by atoms with E-state index < -0.39 is 0 Å². The molecule has 0 atom stereocenters. The lowest BCUT2D eigenvalue weighted by molar-refractivity contribution is -0.129. The number of nitrogens with zero attached hydrogens (tertiary/aromatic N) is 2. The maximum atomic E-state index is 11.5. The zero-order valence-electron chi connectivity index (χ0n) is 12.3. The molecule has 110 valence electrons. The summed E-state index contributed by atoms with van der Waals surface area (Å²) in [4.78, 5) is 15.7. The van der Waals surface area contributed by atoms with Gasteiger partial charge in [-0.2, -0.15) is 0 Å². The van der Waals surface area contributed by atoms with Crippen LogP contribution in [0.1, 0.15) is 12.5 Å². The molecule has 0 radical (unpaired) electrons. The summed E-state index contributed by atoms with van der Waals surface area (Å²) in [6, 6.07) is 6.25. The Kier molecular flexibility index (Phi) is 4.84. The minimum absolute atomic E-state index is 0.0347. The van der Waals surface area contributed by atoms with E-state index >= 15 is 0 Å². The molecule has 0 unspecified atom stereocenters. The lowest BCUT2D eigenvalue weighted by atomic mass is 10.1. The fraction of sp³-hybridized carbons (Fsp3) is 0.533. The Balaban J connectivity index is 2.00. The molecule has 0 spiro atoms. The molecule has 5 nitrogen and oxygen atoms in total. The number of carbonyl (C=O) groups excluding carboxylic acids is 1. The van der Waals surface area contributed by atoms with E-state index in [1.54, 1.807) is 0 Å². The van der Waals surface area contributed by atoms with Gasteiger partial charge in [-0.05, 0) is 37.6 Å². The highest BCUT2D eigenvalue weighted by atomic mass is 16.5. The van der Waals surface area contributed by atoms with E-state index in [9.17, 15) is 4.79 Å². The number of piperazine rings is 1. The normalized spacial score (nSPS) is 15.3. The molecule has 0 saturated carbocycles. The van der Waals surface area contributed by atoms with Crippen molar-refractivity contribution >= 4 is 11.6 Å². The standard InChI is InChI=1S/C15H23N3O2/c1-3-20-14-5-4-13(10-12(14)2)17-6-8-18(9-7-17)15(19)11-16/h4-5,10H,3,6-9,11,16H2,1-2H3. The molecule has 20 heavy (non-hydrogen) atoms. The van der Waals surface area contributed by atoms with Gasteiger partial charge in [0.25, 0.3) is 0 Å². The second-order valence-corrected chi connectivity index (χ2v) is 4.95. The molecule has 1 heterocycles. The summed E-state index contributed by atoms with van der Waals surface area (Å²) in [5.41, 5.74) is 7.72. The Hall–Kier alpha value is -1.75. The molecule has 2 N–H and O–H groups in total. The van der Waals surface area contributed by atoms with Crippen LogP contribution in [0.15, 0.2) is 18.2 Å². The van der Waals surface area contributed by atoms with E-state index in [4.69, 9.17) is 10.5 Å². The predicted molar refractivity (Wildman–Crippen MR) is 80.2 cm³/mol. The van der Waals surface area contributed by atoms with E-state index in [2.05, 4.69) is 24.0 Å². The van der Waals surface area contributed by atoms with E-state index in [-0.39, 0.29) is 12.5 Å². The third-order valence-electron chi connectivity index (χ3n) is 3.63. The first-order valence-corrected chi connectivity index (χ1v) is 7.12. The zero-order chi connectivity index (χ0) is 14.5.